The summed E-state index contributed by atoms with van der Waals surface area (Å²) in [5.74, 6) is 0. The minimum absolute atomic E-state index is 0.944. The Morgan fingerprint density at radius 3 is 1.97 bits per heavy atom. The number of para-hydroxylation sites is 3. The van der Waals surface area contributed by atoms with Gasteiger partial charge in [0.05, 0.1) is 33.7 Å². The maximum atomic E-state index is 5.95. The van der Waals surface area contributed by atoms with Crippen LogP contribution in [0.1, 0.15) is 0 Å². The van der Waals surface area contributed by atoms with Gasteiger partial charge in [0.25, 0.3) is 0 Å². The van der Waals surface area contributed by atoms with Crippen LogP contribution >= 0.6 is 0 Å². The normalized spacial score (nSPS) is 12.0. The molecule has 3 aromatic heterocycles. The summed E-state index contributed by atoms with van der Waals surface area (Å²) < 4.78 is 10.7. The van der Waals surface area contributed by atoms with Crippen molar-refractivity contribution in [2.75, 3.05) is 0 Å². The molecule has 164 valence electrons. The lowest BCUT2D eigenvalue weighted by Crippen LogP contribution is -1.95. The van der Waals surface area contributed by atoms with Crippen molar-refractivity contribution in [3.05, 3.63) is 122 Å². The topological polar surface area (TPSA) is 23.0 Å². The average Bonchev–Trinajstić information content (AvgIpc) is 3.61. The summed E-state index contributed by atoms with van der Waals surface area (Å²) in [6, 6.07) is 41.1. The molecule has 0 aliphatic heterocycles. The molecule has 0 spiro atoms. The van der Waals surface area contributed by atoms with Crippen LogP contribution in [0.25, 0.3) is 66.0 Å². The van der Waals surface area contributed by atoms with Crippen LogP contribution in [0.4, 0.5) is 0 Å². The van der Waals surface area contributed by atoms with Gasteiger partial charge in [-0.1, -0.05) is 54.6 Å². The van der Waals surface area contributed by atoms with Crippen molar-refractivity contribution < 1.29 is 4.42 Å². The number of benzene rings is 5. The Labute approximate surface area is 201 Å². The van der Waals surface area contributed by atoms with Crippen LogP contribution in [0.2, 0.25) is 0 Å². The van der Waals surface area contributed by atoms with Crippen LogP contribution < -0.4 is 0 Å². The largest absolute Gasteiger partial charge is 0.464 e. The summed E-state index contributed by atoms with van der Waals surface area (Å²) in [7, 11) is 0. The third-order valence-electron chi connectivity index (χ3n) is 7.18. The first kappa shape index (κ1) is 18.6. The van der Waals surface area contributed by atoms with Crippen molar-refractivity contribution in [1.29, 1.82) is 0 Å². The smallest absolute Gasteiger partial charge is 0.143 e. The van der Waals surface area contributed by atoms with Gasteiger partial charge in [0, 0.05) is 32.9 Å². The summed E-state index contributed by atoms with van der Waals surface area (Å²) in [6.45, 7) is 0. The Bertz CT molecular complexity index is 2050. The number of furan rings is 1. The monoisotopic (exact) mass is 448 g/mol. The van der Waals surface area contributed by atoms with Crippen molar-refractivity contribution in [3.8, 4) is 11.4 Å². The fourth-order valence-corrected chi connectivity index (χ4v) is 5.71. The van der Waals surface area contributed by atoms with Crippen LogP contribution in [0.3, 0.4) is 0 Å². The van der Waals surface area contributed by atoms with Gasteiger partial charge in [-0.15, -0.1) is 0 Å². The molecule has 35 heavy (non-hydrogen) atoms. The molecule has 3 heterocycles. The van der Waals surface area contributed by atoms with Gasteiger partial charge in [-0.25, -0.2) is 0 Å². The highest BCUT2D eigenvalue weighted by Crippen LogP contribution is 2.39. The van der Waals surface area contributed by atoms with Crippen molar-refractivity contribution >= 4 is 54.6 Å². The number of hydrogen-bond acceptors (Lipinski definition) is 1. The summed E-state index contributed by atoms with van der Waals surface area (Å²) in [6.07, 6.45) is 1.78. The summed E-state index contributed by atoms with van der Waals surface area (Å²) in [5, 5.41) is 5.99. The van der Waals surface area contributed by atoms with E-state index < -0.39 is 0 Å². The molecule has 0 aliphatic rings. The van der Waals surface area contributed by atoms with Crippen molar-refractivity contribution in [1.82, 2.24) is 9.13 Å². The lowest BCUT2D eigenvalue weighted by atomic mass is 10.1. The van der Waals surface area contributed by atoms with Crippen molar-refractivity contribution in [3.63, 3.8) is 0 Å². The van der Waals surface area contributed by atoms with E-state index in [1.54, 1.807) is 6.26 Å². The van der Waals surface area contributed by atoms with E-state index in [4.69, 9.17) is 4.42 Å². The molecule has 8 aromatic rings. The number of rotatable bonds is 2. The second-order valence-corrected chi connectivity index (χ2v) is 9.04. The molecule has 8 rings (SSSR count). The number of nitrogens with zero attached hydrogens (tertiary/aromatic N) is 2. The quantitative estimate of drug-likeness (QED) is 0.259. The van der Waals surface area contributed by atoms with Gasteiger partial charge in [0.1, 0.15) is 5.58 Å². The summed E-state index contributed by atoms with van der Waals surface area (Å²) in [4.78, 5) is 0. The molecule has 0 bridgehead atoms. The maximum Gasteiger partial charge on any atom is 0.143 e. The zero-order valence-corrected chi connectivity index (χ0v) is 18.8. The zero-order chi connectivity index (χ0) is 22.9. The molecule has 0 radical (unpaired) electrons. The number of hydrogen-bond donors (Lipinski definition) is 0. The molecular weight excluding hydrogens is 428 g/mol. The lowest BCUT2D eigenvalue weighted by Gasteiger charge is -2.10. The Balaban J connectivity index is 1.49. The minimum Gasteiger partial charge on any atom is -0.464 e. The average molecular weight is 449 g/mol. The lowest BCUT2D eigenvalue weighted by molar-refractivity contribution is 0.619. The highest BCUT2D eigenvalue weighted by Gasteiger charge is 2.18. The predicted octanol–water partition coefficient (Wildman–Crippen LogP) is 8.63. The van der Waals surface area contributed by atoms with Crippen molar-refractivity contribution in [2.24, 2.45) is 0 Å². The first-order valence-electron chi connectivity index (χ1n) is 11.9. The fraction of sp³-hybridized carbons (Fsp3) is 0. The van der Waals surface area contributed by atoms with E-state index >= 15 is 0 Å². The first-order valence-corrected chi connectivity index (χ1v) is 11.9. The Morgan fingerprint density at radius 2 is 1.11 bits per heavy atom. The molecule has 0 N–H and O–H groups in total. The van der Waals surface area contributed by atoms with E-state index in [1.165, 1.54) is 38.4 Å². The van der Waals surface area contributed by atoms with Gasteiger partial charge in [-0.3, -0.25) is 0 Å². The third kappa shape index (κ3) is 2.50. The highest BCUT2D eigenvalue weighted by atomic mass is 16.3. The fourth-order valence-electron chi connectivity index (χ4n) is 5.71. The number of fused-ring (bicyclic) bond motifs is 8. The zero-order valence-electron chi connectivity index (χ0n) is 18.8. The van der Waals surface area contributed by atoms with E-state index in [2.05, 4.69) is 118 Å². The van der Waals surface area contributed by atoms with Crippen LogP contribution in [-0.4, -0.2) is 9.13 Å². The Morgan fingerprint density at radius 1 is 0.457 bits per heavy atom. The maximum absolute atomic E-state index is 5.95. The molecule has 0 saturated heterocycles. The Kier molecular flexibility index (Phi) is 3.66. The molecule has 0 aliphatic carbocycles. The van der Waals surface area contributed by atoms with E-state index in [0.717, 1.165) is 27.6 Å². The first-order chi connectivity index (χ1) is 17.4. The molecule has 3 nitrogen and oxygen atoms in total. The van der Waals surface area contributed by atoms with Gasteiger partial charge in [-0.2, -0.15) is 0 Å². The van der Waals surface area contributed by atoms with E-state index in [-0.39, 0.29) is 0 Å². The van der Waals surface area contributed by atoms with E-state index in [0.29, 0.717) is 0 Å². The standard InChI is InChI=1S/C32H20N2O/c1-2-8-22(9-3-1)33-27-12-6-4-10-24(27)26-20-23(15-17-29(26)33)34-28-13-7-5-11-25(28)31-30(34)16-14-21-18-19-35-32(21)31/h1-20H. The van der Waals surface area contributed by atoms with Crippen LogP contribution in [0.5, 0.6) is 0 Å². The van der Waals surface area contributed by atoms with E-state index in [1.807, 2.05) is 6.07 Å². The van der Waals surface area contributed by atoms with Gasteiger partial charge >= 0.3 is 0 Å². The van der Waals surface area contributed by atoms with Gasteiger partial charge < -0.3 is 13.6 Å². The molecule has 0 fully saturated rings. The molecule has 0 amide bonds. The second-order valence-electron chi connectivity index (χ2n) is 9.04. The Hall–Kier alpha value is -4.76. The molecule has 0 saturated carbocycles. The third-order valence-corrected chi connectivity index (χ3v) is 7.18. The van der Waals surface area contributed by atoms with Gasteiger partial charge in [-0.05, 0) is 60.7 Å². The van der Waals surface area contributed by atoms with Gasteiger partial charge in [0.15, 0.2) is 0 Å². The molecule has 0 atom stereocenters. The van der Waals surface area contributed by atoms with Crippen LogP contribution in [0, 0.1) is 0 Å². The van der Waals surface area contributed by atoms with Crippen LogP contribution in [-0.2, 0) is 0 Å². The molecular formula is C32H20N2O. The minimum atomic E-state index is 0.944. The number of aromatic nitrogens is 2. The SMILES string of the molecule is c1ccc(-n2c3ccccc3c3cc(-n4c5ccccc5c5c6occc6ccc54)ccc32)cc1. The molecule has 5 aromatic carbocycles. The summed E-state index contributed by atoms with van der Waals surface area (Å²) >= 11 is 0. The molecule has 0 unspecified atom stereocenters. The van der Waals surface area contributed by atoms with E-state index in [9.17, 15) is 0 Å². The summed E-state index contributed by atoms with van der Waals surface area (Å²) in [5.41, 5.74) is 8.01. The predicted molar refractivity (Wildman–Crippen MR) is 145 cm³/mol. The molecule has 3 heteroatoms. The van der Waals surface area contributed by atoms with Crippen LogP contribution in [0.15, 0.2) is 126 Å². The van der Waals surface area contributed by atoms with Crippen molar-refractivity contribution in [2.45, 2.75) is 0 Å². The van der Waals surface area contributed by atoms with Gasteiger partial charge in [0.2, 0.25) is 0 Å². The highest BCUT2D eigenvalue weighted by molar-refractivity contribution is 6.20. The second kappa shape index (κ2) is 6.87.